The summed E-state index contributed by atoms with van der Waals surface area (Å²) >= 11 is 5.91. The SMILES string of the molecule is C=C/C(=C\N=C/C)NC(=O)C(=O)N1C[C@@H](C)N(C(=O)C2(C(F)(F)F)CC2)C[C@@H]1c1ccc(F)c(Cl)c1. The van der Waals surface area contributed by atoms with Crippen LogP contribution in [0.25, 0.3) is 0 Å². The molecule has 3 amide bonds. The molecule has 0 radical (unpaired) electrons. The second kappa shape index (κ2) is 10.4. The maximum atomic E-state index is 13.8. The first-order valence-electron chi connectivity index (χ1n) is 11.1. The van der Waals surface area contributed by atoms with Crippen LogP contribution in [0, 0.1) is 11.2 Å². The Labute approximate surface area is 210 Å². The molecule has 2 fully saturated rings. The standard InChI is InChI=1S/C24H25ClF4N4O3/c1-4-16(11-30-5-2)31-20(34)21(35)33-12-14(3)32(22(36)23(8-9-23)24(27,28)29)13-19(33)15-6-7-18(26)17(25)10-15/h4-7,10-11,14,19H,1,8-9,12-13H2,2-3H3,(H,31,34)/b16-11+,30-5-/t14-,19-/m1/s1. The summed E-state index contributed by atoms with van der Waals surface area (Å²) in [5.74, 6) is -3.85. The van der Waals surface area contributed by atoms with Crippen LogP contribution in [0.1, 0.15) is 38.3 Å². The number of rotatable bonds is 5. The number of hydrogen-bond acceptors (Lipinski definition) is 4. The summed E-state index contributed by atoms with van der Waals surface area (Å²) in [6, 6.07) is 1.71. The molecule has 0 spiro atoms. The van der Waals surface area contributed by atoms with Crippen LogP contribution in [0.5, 0.6) is 0 Å². The average molecular weight is 529 g/mol. The van der Waals surface area contributed by atoms with Crippen LogP contribution in [0.2, 0.25) is 5.02 Å². The number of nitrogens with zero attached hydrogens (tertiary/aromatic N) is 3. The number of carbonyl (C=O) groups is 3. The van der Waals surface area contributed by atoms with Crippen LogP contribution in [-0.4, -0.2) is 59.0 Å². The van der Waals surface area contributed by atoms with E-state index in [4.69, 9.17) is 11.6 Å². The van der Waals surface area contributed by atoms with Crippen LogP contribution >= 0.6 is 11.6 Å². The van der Waals surface area contributed by atoms with Gasteiger partial charge in [0.05, 0.1) is 16.8 Å². The monoisotopic (exact) mass is 528 g/mol. The molecule has 1 saturated carbocycles. The van der Waals surface area contributed by atoms with Gasteiger partial charge in [0.15, 0.2) is 0 Å². The van der Waals surface area contributed by atoms with Crippen molar-refractivity contribution in [3.8, 4) is 0 Å². The van der Waals surface area contributed by atoms with E-state index < -0.39 is 47.2 Å². The molecule has 1 aliphatic carbocycles. The lowest BCUT2D eigenvalue weighted by atomic mass is 9.96. The summed E-state index contributed by atoms with van der Waals surface area (Å²) in [5.41, 5.74) is -2.03. The van der Waals surface area contributed by atoms with Gasteiger partial charge in [-0.3, -0.25) is 19.4 Å². The van der Waals surface area contributed by atoms with Gasteiger partial charge in [-0.1, -0.05) is 24.2 Å². The Hall–Kier alpha value is -3.21. The quantitative estimate of drug-likeness (QED) is 0.270. The highest BCUT2D eigenvalue weighted by molar-refractivity contribution is 6.35. The second-order valence-electron chi connectivity index (χ2n) is 8.68. The highest BCUT2D eigenvalue weighted by atomic mass is 35.5. The summed E-state index contributed by atoms with van der Waals surface area (Å²) in [7, 11) is 0. The molecule has 1 heterocycles. The Morgan fingerprint density at radius 1 is 1.22 bits per heavy atom. The first-order chi connectivity index (χ1) is 16.9. The lowest BCUT2D eigenvalue weighted by Gasteiger charge is -2.46. The van der Waals surface area contributed by atoms with Crippen molar-refractivity contribution in [3.63, 3.8) is 0 Å². The number of piperazine rings is 1. The van der Waals surface area contributed by atoms with Crippen molar-refractivity contribution in [2.45, 2.75) is 44.9 Å². The molecule has 1 aliphatic heterocycles. The topological polar surface area (TPSA) is 82.1 Å². The number of halogens is 5. The summed E-state index contributed by atoms with van der Waals surface area (Å²) in [6.07, 6.45) is -1.32. The van der Waals surface area contributed by atoms with Gasteiger partial charge < -0.3 is 15.1 Å². The average Bonchev–Trinajstić information content (AvgIpc) is 3.64. The van der Waals surface area contributed by atoms with Gasteiger partial charge in [0.25, 0.3) is 0 Å². The number of carbonyl (C=O) groups excluding carboxylic acids is 3. The maximum absolute atomic E-state index is 13.8. The Balaban J connectivity index is 1.94. The molecule has 7 nitrogen and oxygen atoms in total. The Bertz CT molecular complexity index is 1130. The van der Waals surface area contributed by atoms with E-state index in [1.165, 1.54) is 37.5 Å². The third-order valence-electron chi connectivity index (χ3n) is 6.33. The Morgan fingerprint density at radius 3 is 2.42 bits per heavy atom. The molecule has 194 valence electrons. The van der Waals surface area contributed by atoms with Gasteiger partial charge in [-0.2, -0.15) is 13.2 Å². The molecule has 0 aromatic heterocycles. The Kier molecular flexibility index (Phi) is 7.92. The highest BCUT2D eigenvalue weighted by Crippen LogP contribution is 2.59. The molecule has 3 rings (SSSR count). The van der Waals surface area contributed by atoms with Gasteiger partial charge in [0, 0.05) is 31.5 Å². The molecule has 0 bridgehead atoms. The number of nitrogens with one attached hydrogen (secondary N) is 1. The van der Waals surface area contributed by atoms with Crippen molar-refractivity contribution in [1.82, 2.24) is 15.1 Å². The summed E-state index contributed by atoms with van der Waals surface area (Å²) in [6.45, 7) is 6.13. The minimum absolute atomic E-state index is 0.149. The van der Waals surface area contributed by atoms with Crippen LogP contribution in [0.4, 0.5) is 17.6 Å². The van der Waals surface area contributed by atoms with Crippen molar-refractivity contribution in [2.75, 3.05) is 13.1 Å². The number of benzene rings is 1. The van der Waals surface area contributed by atoms with Crippen molar-refractivity contribution >= 4 is 35.5 Å². The van der Waals surface area contributed by atoms with Crippen LogP contribution in [0.3, 0.4) is 0 Å². The fourth-order valence-electron chi connectivity index (χ4n) is 4.11. The van der Waals surface area contributed by atoms with E-state index in [1.807, 2.05) is 0 Å². The van der Waals surface area contributed by atoms with E-state index in [2.05, 4.69) is 16.9 Å². The van der Waals surface area contributed by atoms with Crippen LogP contribution in [0.15, 0.2) is 47.7 Å². The largest absolute Gasteiger partial charge is 0.403 e. The minimum Gasteiger partial charge on any atom is -0.335 e. The molecule has 2 aliphatic rings. The smallest absolute Gasteiger partial charge is 0.335 e. The van der Waals surface area contributed by atoms with Crippen molar-refractivity contribution in [2.24, 2.45) is 10.4 Å². The van der Waals surface area contributed by atoms with Gasteiger partial charge >= 0.3 is 18.0 Å². The zero-order valence-corrected chi connectivity index (χ0v) is 20.4. The van der Waals surface area contributed by atoms with E-state index in [0.717, 1.165) is 15.9 Å². The molecule has 2 atom stereocenters. The molecule has 1 saturated heterocycles. The van der Waals surface area contributed by atoms with Crippen LogP contribution < -0.4 is 5.32 Å². The number of aliphatic imine (C=N–C) groups is 1. The lowest BCUT2D eigenvalue weighted by molar-refractivity contribution is -0.201. The third kappa shape index (κ3) is 5.30. The minimum atomic E-state index is -4.71. The normalized spacial score (nSPS) is 21.9. The van der Waals surface area contributed by atoms with Crippen molar-refractivity contribution in [3.05, 3.63) is 59.2 Å². The van der Waals surface area contributed by atoms with Gasteiger partial charge in [-0.25, -0.2) is 4.39 Å². The van der Waals surface area contributed by atoms with Gasteiger partial charge in [0.1, 0.15) is 11.2 Å². The zero-order valence-electron chi connectivity index (χ0n) is 19.6. The van der Waals surface area contributed by atoms with Crippen molar-refractivity contribution in [1.29, 1.82) is 0 Å². The predicted octanol–water partition coefficient (Wildman–Crippen LogP) is 4.16. The molecular weight excluding hydrogens is 504 g/mol. The second-order valence-corrected chi connectivity index (χ2v) is 9.09. The number of hydrogen-bond donors (Lipinski definition) is 1. The zero-order chi connectivity index (χ0) is 26.8. The van der Waals surface area contributed by atoms with E-state index in [-0.39, 0.29) is 42.2 Å². The van der Waals surface area contributed by atoms with Gasteiger partial charge in [-0.15, -0.1) is 0 Å². The molecule has 1 aromatic rings. The molecule has 12 heteroatoms. The first-order valence-corrected chi connectivity index (χ1v) is 11.5. The fourth-order valence-corrected chi connectivity index (χ4v) is 4.30. The highest BCUT2D eigenvalue weighted by Gasteiger charge is 2.70. The molecule has 1 aromatic carbocycles. The molecular formula is C24H25ClF4N4O3. The third-order valence-corrected chi connectivity index (χ3v) is 6.62. The molecule has 0 unspecified atom stereocenters. The van der Waals surface area contributed by atoms with Gasteiger partial charge in [-0.05, 0) is 50.5 Å². The molecule has 36 heavy (non-hydrogen) atoms. The lowest BCUT2D eigenvalue weighted by Crippen LogP contribution is -2.60. The molecule has 1 N–H and O–H groups in total. The first kappa shape index (κ1) is 27.4. The predicted molar refractivity (Wildman–Crippen MR) is 125 cm³/mol. The van der Waals surface area contributed by atoms with Crippen molar-refractivity contribution < 1.29 is 31.9 Å². The van der Waals surface area contributed by atoms with E-state index >= 15 is 0 Å². The van der Waals surface area contributed by atoms with Crippen LogP contribution in [-0.2, 0) is 14.4 Å². The fraction of sp³-hybridized carbons (Fsp3) is 0.417. The number of amides is 3. The van der Waals surface area contributed by atoms with Gasteiger partial charge in [0.2, 0.25) is 5.91 Å². The van der Waals surface area contributed by atoms with E-state index in [0.29, 0.717) is 0 Å². The summed E-state index contributed by atoms with van der Waals surface area (Å²) in [5, 5.41) is 2.10. The summed E-state index contributed by atoms with van der Waals surface area (Å²) < 4.78 is 54.8. The Morgan fingerprint density at radius 2 is 1.89 bits per heavy atom. The number of allylic oxidation sites excluding steroid dienone is 1. The summed E-state index contributed by atoms with van der Waals surface area (Å²) in [4.78, 5) is 45.0. The maximum Gasteiger partial charge on any atom is 0.403 e. The van der Waals surface area contributed by atoms with E-state index in [1.54, 1.807) is 6.92 Å². The van der Waals surface area contributed by atoms with E-state index in [9.17, 15) is 31.9 Å². The number of alkyl halides is 3.